The highest BCUT2D eigenvalue weighted by Gasteiger charge is 2.18. The van der Waals surface area contributed by atoms with E-state index in [1.165, 1.54) is 11.1 Å². The summed E-state index contributed by atoms with van der Waals surface area (Å²) in [7, 11) is 0. The number of hydrogen-bond acceptors (Lipinski definition) is 2. The van der Waals surface area contributed by atoms with Gasteiger partial charge in [0.25, 0.3) is 0 Å². The van der Waals surface area contributed by atoms with Gasteiger partial charge in [-0.15, -0.1) is 0 Å². The Balaban J connectivity index is 2.66. The Hall–Kier alpha value is -2.22. The highest BCUT2D eigenvalue weighted by Crippen LogP contribution is 2.40. The molecular formula is C20H22O2. The molecule has 0 aliphatic rings. The minimum absolute atomic E-state index is 0.0540. The van der Waals surface area contributed by atoms with Crippen LogP contribution < -0.4 is 5.22 Å². The van der Waals surface area contributed by atoms with E-state index in [-0.39, 0.29) is 11.5 Å². The third-order valence-corrected chi connectivity index (χ3v) is 4.48. The second-order valence-corrected chi connectivity index (χ2v) is 6.68. The lowest BCUT2D eigenvalue weighted by Crippen LogP contribution is -2.08. The first-order chi connectivity index (χ1) is 10.3. The maximum absolute atomic E-state index is 10.4. The van der Waals surface area contributed by atoms with Crippen molar-refractivity contribution >= 4 is 28.1 Å². The van der Waals surface area contributed by atoms with Crippen molar-refractivity contribution in [2.75, 3.05) is 0 Å². The van der Waals surface area contributed by atoms with Crippen LogP contribution >= 0.6 is 0 Å². The monoisotopic (exact) mass is 294 g/mol. The van der Waals surface area contributed by atoms with Gasteiger partial charge in [-0.05, 0) is 53.6 Å². The minimum atomic E-state index is -0.100. The second kappa shape index (κ2) is 4.91. The molecule has 0 saturated heterocycles. The molecule has 3 aromatic rings. The van der Waals surface area contributed by atoms with Crippen LogP contribution in [0.25, 0.3) is 28.1 Å². The van der Waals surface area contributed by atoms with Gasteiger partial charge in [0, 0.05) is 16.0 Å². The normalized spacial score (nSPS) is 11.9. The van der Waals surface area contributed by atoms with Gasteiger partial charge in [-0.25, -0.2) is 0 Å². The smallest absolute Gasteiger partial charge is 0.166 e. The largest absolute Gasteiger partial charge is 0.504 e. The summed E-state index contributed by atoms with van der Waals surface area (Å²) in [5.74, 6) is 0.356. The summed E-state index contributed by atoms with van der Waals surface area (Å²) in [6, 6.07) is 6.28. The number of hydrogen-bond donors (Lipinski definition) is 2. The Kier molecular flexibility index (Phi) is 3.28. The van der Waals surface area contributed by atoms with Gasteiger partial charge in [-0.2, -0.15) is 0 Å². The third-order valence-electron chi connectivity index (χ3n) is 4.48. The third kappa shape index (κ3) is 1.94. The van der Waals surface area contributed by atoms with Gasteiger partial charge < -0.3 is 10.2 Å². The van der Waals surface area contributed by atoms with Gasteiger partial charge >= 0.3 is 0 Å². The number of aryl methyl sites for hydroxylation is 2. The average Bonchev–Trinajstić information content (AvgIpc) is 2.43. The zero-order valence-corrected chi connectivity index (χ0v) is 13.6. The highest BCUT2D eigenvalue weighted by atomic mass is 16.3. The maximum Gasteiger partial charge on any atom is 0.166 e. The van der Waals surface area contributed by atoms with Crippen LogP contribution in [0.5, 0.6) is 11.5 Å². The number of phenols is 2. The van der Waals surface area contributed by atoms with Crippen LogP contribution in [0.3, 0.4) is 0 Å². The Labute approximate surface area is 130 Å². The molecule has 0 heterocycles. The first-order valence-electron chi connectivity index (χ1n) is 7.71. The zero-order chi connectivity index (χ0) is 16.2. The van der Waals surface area contributed by atoms with Crippen molar-refractivity contribution in [1.82, 2.24) is 0 Å². The van der Waals surface area contributed by atoms with E-state index in [1.807, 2.05) is 13.0 Å². The van der Waals surface area contributed by atoms with E-state index >= 15 is 0 Å². The Morgan fingerprint density at radius 3 is 2.27 bits per heavy atom. The first kappa shape index (κ1) is 14.7. The first-order valence-corrected chi connectivity index (χ1v) is 7.71. The molecule has 0 aliphatic heterocycles. The lowest BCUT2D eigenvalue weighted by atomic mass is 9.87. The van der Waals surface area contributed by atoms with E-state index in [4.69, 9.17) is 0 Å². The van der Waals surface area contributed by atoms with Crippen LogP contribution in [0.2, 0.25) is 0 Å². The topological polar surface area (TPSA) is 40.5 Å². The van der Waals surface area contributed by atoms with Gasteiger partial charge in [0.2, 0.25) is 0 Å². The van der Waals surface area contributed by atoms with Crippen LogP contribution in [0.15, 0.2) is 18.2 Å². The molecule has 0 aliphatic carbocycles. The van der Waals surface area contributed by atoms with E-state index in [0.717, 1.165) is 33.5 Å². The molecule has 0 unspecified atom stereocenters. The van der Waals surface area contributed by atoms with Crippen molar-refractivity contribution in [2.45, 2.75) is 34.1 Å². The van der Waals surface area contributed by atoms with Gasteiger partial charge in [-0.1, -0.05) is 38.6 Å². The summed E-state index contributed by atoms with van der Waals surface area (Å²) in [5.41, 5.74) is 3.35. The Morgan fingerprint density at radius 1 is 0.955 bits per heavy atom. The quantitative estimate of drug-likeness (QED) is 0.690. The van der Waals surface area contributed by atoms with Crippen molar-refractivity contribution < 1.29 is 10.2 Å². The molecule has 0 radical (unpaired) electrons. The molecule has 2 nitrogen and oxygen atoms in total. The van der Waals surface area contributed by atoms with E-state index in [1.54, 1.807) is 0 Å². The van der Waals surface area contributed by atoms with Crippen molar-refractivity contribution in [1.29, 1.82) is 0 Å². The molecule has 2 heteroatoms. The summed E-state index contributed by atoms with van der Waals surface area (Å²) < 4.78 is 0. The average molecular weight is 294 g/mol. The van der Waals surface area contributed by atoms with Crippen molar-refractivity contribution in [2.24, 2.45) is 5.92 Å². The molecule has 0 spiro atoms. The predicted octanol–water partition coefficient (Wildman–Crippen LogP) is 4.35. The standard InChI is InChI=1S/C20H22O2/c1-10(2)8-14-9-12(4)15-7-6-11(3)16-18(15)17(14)13(5)19(21)20(16)22/h6-7,9-10,21-22H,5,8H2,1-4H3. The number of rotatable bonds is 2. The molecule has 3 aromatic carbocycles. The number of benzene rings is 3. The summed E-state index contributed by atoms with van der Waals surface area (Å²) in [5, 5.41) is 25.1. The summed E-state index contributed by atoms with van der Waals surface area (Å²) >= 11 is 0. The van der Waals surface area contributed by atoms with Gasteiger partial charge in [0.1, 0.15) is 0 Å². The molecule has 114 valence electrons. The number of phenolic OH excluding ortho intramolecular Hbond substituents is 2. The summed E-state index contributed by atoms with van der Waals surface area (Å²) in [6.45, 7) is 12.5. The van der Waals surface area contributed by atoms with Crippen molar-refractivity contribution in [3.05, 3.63) is 40.1 Å². The van der Waals surface area contributed by atoms with Crippen LogP contribution in [0.1, 0.15) is 30.5 Å². The molecule has 22 heavy (non-hydrogen) atoms. The fraction of sp³-hybridized carbons (Fsp3) is 0.300. The molecule has 3 rings (SSSR count). The second-order valence-electron chi connectivity index (χ2n) is 6.68. The van der Waals surface area contributed by atoms with E-state index in [9.17, 15) is 10.2 Å². The zero-order valence-electron chi connectivity index (χ0n) is 13.6. The molecular weight excluding hydrogens is 272 g/mol. The Morgan fingerprint density at radius 2 is 1.64 bits per heavy atom. The van der Waals surface area contributed by atoms with Crippen LogP contribution in [0, 0.1) is 19.8 Å². The summed E-state index contributed by atoms with van der Waals surface area (Å²) in [4.78, 5) is 0. The predicted molar refractivity (Wildman–Crippen MR) is 93.5 cm³/mol. The maximum atomic E-state index is 10.4. The molecule has 0 bridgehead atoms. The van der Waals surface area contributed by atoms with Gasteiger partial charge in [-0.3, -0.25) is 0 Å². The molecule has 0 amide bonds. The highest BCUT2D eigenvalue weighted by molar-refractivity contribution is 6.16. The lowest BCUT2D eigenvalue weighted by Gasteiger charge is -2.18. The van der Waals surface area contributed by atoms with Gasteiger partial charge in [0.15, 0.2) is 11.5 Å². The van der Waals surface area contributed by atoms with Crippen molar-refractivity contribution in [3.63, 3.8) is 0 Å². The van der Waals surface area contributed by atoms with Gasteiger partial charge in [0.05, 0.1) is 0 Å². The van der Waals surface area contributed by atoms with Crippen LogP contribution in [-0.2, 0) is 6.42 Å². The van der Waals surface area contributed by atoms with Crippen LogP contribution in [-0.4, -0.2) is 10.2 Å². The Bertz CT molecular complexity index is 936. The fourth-order valence-corrected chi connectivity index (χ4v) is 3.50. The molecule has 0 fully saturated rings. The lowest BCUT2D eigenvalue weighted by molar-refractivity contribution is 0.406. The molecule has 0 aromatic heterocycles. The van der Waals surface area contributed by atoms with E-state index in [0.29, 0.717) is 11.1 Å². The summed E-state index contributed by atoms with van der Waals surface area (Å²) in [6.07, 6.45) is 0.923. The molecule has 2 N–H and O–H groups in total. The fourth-order valence-electron chi connectivity index (χ4n) is 3.50. The van der Waals surface area contributed by atoms with E-state index < -0.39 is 0 Å². The molecule has 0 saturated carbocycles. The molecule has 0 atom stereocenters. The minimum Gasteiger partial charge on any atom is -0.504 e. The van der Waals surface area contributed by atoms with E-state index in [2.05, 4.69) is 39.5 Å². The number of aromatic hydroxyl groups is 2. The van der Waals surface area contributed by atoms with Crippen LogP contribution in [0.4, 0.5) is 0 Å². The van der Waals surface area contributed by atoms with Crippen molar-refractivity contribution in [3.8, 4) is 11.5 Å². The SMILES string of the molecule is C=c1c(O)c(O)c2c(C)ccc3c(C)cc(CC(C)C)c1c32.